The van der Waals surface area contributed by atoms with Crippen LogP contribution in [0.1, 0.15) is 105 Å². The van der Waals surface area contributed by atoms with E-state index in [1.165, 1.54) is 39.0 Å². The standard InChI is InChI=1S/C31H52O6/c1-20(2)8-7-9-21(3)25-10-11-26-24-16-28(33)31(34)17-23(37-22(4)32)12-15-30(31,18-36-19-35-6)27(24)13-14-29(25,26)5/h20-21,23-27,34H,7-19H2,1-6H3/t21-,23+,24+,25-,26+,27+,29-,30+,31+/m1/s1. The number of ether oxygens (including phenoxy) is 3. The van der Waals surface area contributed by atoms with Gasteiger partial charge in [-0.2, -0.15) is 0 Å². The van der Waals surface area contributed by atoms with Crippen LogP contribution in [-0.2, 0) is 23.8 Å². The molecule has 0 aromatic rings. The molecule has 0 unspecified atom stereocenters. The van der Waals surface area contributed by atoms with Gasteiger partial charge in [0.1, 0.15) is 18.5 Å². The van der Waals surface area contributed by atoms with Crippen LogP contribution in [0.2, 0.25) is 0 Å². The lowest BCUT2D eigenvalue weighted by Crippen LogP contribution is -2.70. The Kier molecular flexibility index (Phi) is 8.82. The van der Waals surface area contributed by atoms with Crippen molar-refractivity contribution < 1.29 is 28.9 Å². The summed E-state index contributed by atoms with van der Waals surface area (Å²) >= 11 is 0. The molecule has 0 aromatic heterocycles. The molecule has 0 aliphatic heterocycles. The highest BCUT2D eigenvalue weighted by Gasteiger charge is 2.69. The Morgan fingerprint density at radius 3 is 2.51 bits per heavy atom. The largest absolute Gasteiger partial charge is 0.462 e. The fraction of sp³-hybridized carbons (Fsp3) is 0.935. The molecule has 6 heteroatoms. The molecule has 9 atom stereocenters. The number of aliphatic hydroxyl groups is 1. The lowest BCUT2D eigenvalue weighted by molar-refractivity contribution is -0.241. The number of esters is 1. The molecule has 4 rings (SSSR count). The summed E-state index contributed by atoms with van der Waals surface area (Å²) in [6.07, 6.45) is 10.0. The summed E-state index contributed by atoms with van der Waals surface area (Å²) in [5.74, 6) is 2.79. The molecule has 6 nitrogen and oxygen atoms in total. The molecule has 0 saturated heterocycles. The predicted octanol–water partition coefficient (Wildman–Crippen LogP) is 5.93. The van der Waals surface area contributed by atoms with Gasteiger partial charge in [0.2, 0.25) is 0 Å². The molecule has 4 aliphatic rings. The van der Waals surface area contributed by atoms with Crippen molar-refractivity contribution in [1.82, 2.24) is 0 Å². The molecule has 0 amide bonds. The van der Waals surface area contributed by atoms with Crippen molar-refractivity contribution >= 4 is 11.8 Å². The molecule has 37 heavy (non-hydrogen) atoms. The zero-order valence-corrected chi connectivity index (χ0v) is 24.2. The second kappa shape index (κ2) is 11.3. The highest BCUT2D eigenvalue weighted by molar-refractivity contribution is 5.90. The van der Waals surface area contributed by atoms with Crippen LogP contribution in [0.25, 0.3) is 0 Å². The first-order valence-corrected chi connectivity index (χ1v) is 15.0. The van der Waals surface area contributed by atoms with Gasteiger partial charge in [0.05, 0.1) is 6.61 Å². The second-order valence-corrected chi connectivity index (χ2v) is 13.8. The minimum Gasteiger partial charge on any atom is -0.462 e. The van der Waals surface area contributed by atoms with E-state index in [4.69, 9.17) is 14.2 Å². The Morgan fingerprint density at radius 1 is 1.08 bits per heavy atom. The van der Waals surface area contributed by atoms with Crippen LogP contribution in [0.3, 0.4) is 0 Å². The van der Waals surface area contributed by atoms with E-state index in [9.17, 15) is 14.7 Å². The SMILES string of the molecule is COCOC[C@]12CC[C@H](OC(C)=O)C[C@]1(O)C(=O)C[C@H]1[C@@H]3CC[C@H]([C@H](C)CCCC(C)C)[C@@]3(C)CC[C@@H]12. The van der Waals surface area contributed by atoms with Crippen molar-refractivity contribution in [2.75, 3.05) is 20.5 Å². The minimum atomic E-state index is -1.52. The van der Waals surface area contributed by atoms with Gasteiger partial charge in [-0.05, 0) is 79.4 Å². The molecule has 4 fully saturated rings. The van der Waals surface area contributed by atoms with Crippen LogP contribution in [-0.4, -0.2) is 49.1 Å². The molecule has 1 N–H and O–H groups in total. The predicted molar refractivity (Wildman–Crippen MR) is 143 cm³/mol. The number of Topliss-reactive ketones (excluding diaryl/α,β-unsaturated/α-hetero) is 1. The fourth-order valence-corrected chi connectivity index (χ4v) is 9.75. The zero-order chi connectivity index (χ0) is 27.0. The summed E-state index contributed by atoms with van der Waals surface area (Å²) in [5, 5.41) is 12.2. The Labute approximate surface area is 224 Å². The lowest BCUT2D eigenvalue weighted by atomic mass is 9.42. The van der Waals surface area contributed by atoms with Crippen molar-refractivity contribution in [2.24, 2.45) is 46.3 Å². The van der Waals surface area contributed by atoms with Gasteiger partial charge in [0.15, 0.2) is 5.78 Å². The lowest BCUT2D eigenvalue weighted by Gasteiger charge is -2.64. The van der Waals surface area contributed by atoms with E-state index in [0.29, 0.717) is 43.6 Å². The first-order chi connectivity index (χ1) is 17.5. The van der Waals surface area contributed by atoms with Crippen LogP contribution >= 0.6 is 0 Å². The molecule has 212 valence electrons. The number of methoxy groups -OCH3 is 1. The van der Waals surface area contributed by atoms with Crippen molar-refractivity contribution in [3.8, 4) is 0 Å². The molecule has 0 radical (unpaired) electrons. The third kappa shape index (κ3) is 5.16. The maximum Gasteiger partial charge on any atom is 0.302 e. The Balaban J connectivity index is 1.59. The monoisotopic (exact) mass is 520 g/mol. The van der Waals surface area contributed by atoms with Crippen molar-refractivity contribution in [3.63, 3.8) is 0 Å². The summed E-state index contributed by atoms with van der Waals surface area (Å²) in [5.41, 5.74) is -1.90. The van der Waals surface area contributed by atoms with Gasteiger partial charge in [0, 0.05) is 32.3 Å². The molecule has 4 aliphatic carbocycles. The van der Waals surface area contributed by atoms with E-state index < -0.39 is 17.1 Å². The zero-order valence-electron chi connectivity index (χ0n) is 24.2. The summed E-state index contributed by atoms with van der Waals surface area (Å²) in [4.78, 5) is 25.6. The fourth-order valence-electron chi connectivity index (χ4n) is 9.75. The van der Waals surface area contributed by atoms with Crippen LogP contribution in [0, 0.1) is 46.3 Å². The number of hydrogen-bond acceptors (Lipinski definition) is 6. The maximum absolute atomic E-state index is 13.9. The van der Waals surface area contributed by atoms with Gasteiger partial charge < -0.3 is 19.3 Å². The number of carbonyl (C=O) groups excluding carboxylic acids is 2. The van der Waals surface area contributed by atoms with Crippen molar-refractivity contribution in [3.05, 3.63) is 0 Å². The van der Waals surface area contributed by atoms with Gasteiger partial charge in [0.25, 0.3) is 0 Å². The third-order valence-corrected chi connectivity index (χ3v) is 11.4. The second-order valence-electron chi connectivity index (χ2n) is 13.8. The van der Waals surface area contributed by atoms with Gasteiger partial charge in [-0.25, -0.2) is 0 Å². The highest BCUT2D eigenvalue weighted by Crippen LogP contribution is 2.68. The number of fused-ring (bicyclic) bond motifs is 5. The number of rotatable bonds is 10. The molecular weight excluding hydrogens is 468 g/mol. The highest BCUT2D eigenvalue weighted by atomic mass is 16.7. The Morgan fingerprint density at radius 2 is 1.84 bits per heavy atom. The molecule has 0 heterocycles. The molecule has 0 aromatic carbocycles. The number of carbonyl (C=O) groups is 2. The minimum absolute atomic E-state index is 0.0655. The van der Waals surface area contributed by atoms with Crippen LogP contribution < -0.4 is 0 Å². The maximum atomic E-state index is 13.9. The van der Waals surface area contributed by atoms with Crippen LogP contribution in [0.4, 0.5) is 0 Å². The average Bonchev–Trinajstić information content (AvgIpc) is 3.17. The number of ketones is 1. The molecular formula is C31H52O6. The number of hydrogen-bond donors (Lipinski definition) is 1. The van der Waals surface area contributed by atoms with E-state index in [1.54, 1.807) is 7.11 Å². The topological polar surface area (TPSA) is 82.1 Å². The van der Waals surface area contributed by atoms with E-state index in [1.807, 2.05) is 0 Å². The summed E-state index contributed by atoms with van der Waals surface area (Å²) in [6.45, 7) is 11.5. The molecule has 4 saturated carbocycles. The van der Waals surface area contributed by atoms with E-state index >= 15 is 0 Å². The van der Waals surface area contributed by atoms with Gasteiger partial charge in [-0.1, -0.05) is 47.0 Å². The van der Waals surface area contributed by atoms with Gasteiger partial charge in [-0.15, -0.1) is 0 Å². The van der Waals surface area contributed by atoms with E-state index in [2.05, 4.69) is 27.7 Å². The summed E-state index contributed by atoms with van der Waals surface area (Å²) in [7, 11) is 1.60. The quantitative estimate of drug-likeness (QED) is 0.218. The van der Waals surface area contributed by atoms with Gasteiger partial charge >= 0.3 is 5.97 Å². The smallest absolute Gasteiger partial charge is 0.302 e. The normalized spacial score (nSPS) is 42.2. The summed E-state index contributed by atoms with van der Waals surface area (Å²) in [6, 6.07) is 0. The molecule has 0 bridgehead atoms. The van der Waals surface area contributed by atoms with Crippen LogP contribution in [0.15, 0.2) is 0 Å². The van der Waals surface area contributed by atoms with Crippen molar-refractivity contribution in [2.45, 2.75) is 117 Å². The van der Waals surface area contributed by atoms with Crippen LogP contribution in [0.5, 0.6) is 0 Å². The van der Waals surface area contributed by atoms with Gasteiger partial charge in [-0.3, -0.25) is 9.59 Å². The molecule has 0 spiro atoms. The Hall–Kier alpha value is -0.980. The average molecular weight is 521 g/mol. The first-order valence-electron chi connectivity index (χ1n) is 15.0. The van der Waals surface area contributed by atoms with Crippen molar-refractivity contribution in [1.29, 1.82) is 0 Å². The third-order valence-electron chi connectivity index (χ3n) is 11.4. The first kappa shape index (κ1) is 29.0. The van der Waals surface area contributed by atoms with E-state index in [-0.39, 0.29) is 42.2 Å². The summed E-state index contributed by atoms with van der Waals surface area (Å²) < 4.78 is 16.7. The van der Waals surface area contributed by atoms with E-state index in [0.717, 1.165) is 18.8 Å². The Bertz CT molecular complexity index is 827.